The van der Waals surface area contributed by atoms with Crippen LogP contribution in [0.5, 0.6) is 0 Å². The van der Waals surface area contributed by atoms with E-state index in [1.807, 2.05) is 0 Å². The molecular weight excluding hydrogens is 251 g/mol. The summed E-state index contributed by atoms with van der Waals surface area (Å²) in [5, 5.41) is 3.02. The summed E-state index contributed by atoms with van der Waals surface area (Å²) in [7, 11) is -9.16. The molecule has 0 aromatic carbocycles. The van der Waals surface area contributed by atoms with E-state index in [2.05, 4.69) is 5.10 Å². The third-order valence-electron chi connectivity index (χ3n) is 1.08. The molecule has 0 atom stereocenters. The lowest BCUT2D eigenvalue weighted by Gasteiger charge is -2.18. The third kappa shape index (κ3) is 7.11. The first-order chi connectivity index (χ1) is 6.52. The fraction of sp³-hybridized carbons (Fsp3) is 0.667. The number of nitrogens with zero attached hydrogens (tertiary/aromatic N) is 2. The van der Waals surface area contributed by atoms with Gasteiger partial charge in [-0.3, -0.25) is 4.55 Å². The Kier molecular flexibility index (Phi) is 4.49. The van der Waals surface area contributed by atoms with Gasteiger partial charge in [-0.2, -0.15) is 13.2 Å². The van der Waals surface area contributed by atoms with Crippen molar-refractivity contribution in [2.45, 2.75) is 0 Å². The Morgan fingerprint density at radius 1 is 1.40 bits per heavy atom. The summed E-state index contributed by atoms with van der Waals surface area (Å²) in [6, 6.07) is 0. The topological polar surface area (TPSA) is 180 Å². The van der Waals surface area contributed by atoms with Crippen molar-refractivity contribution in [1.29, 1.82) is 0 Å². The average molecular weight is 262 g/mol. The summed E-state index contributed by atoms with van der Waals surface area (Å²) in [5.41, 5.74) is 9.72. The van der Waals surface area contributed by atoms with E-state index in [0.29, 0.717) is 0 Å². The van der Waals surface area contributed by atoms with Gasteiger partial charge in [-0.1, -0.05) is 0 Å². The molecule has 90 valence electrons. The van der Waals surface area contributed by atoms with Crippen molar-refractivity contribution in [1.82, 2.24) is 4.78 Å². The smallest absolute Gasteiger partial charge is 0.369 e. The SMILES string of the molecule is NC(N)=NN(CCS(=O)(=O)O)P(=O)(O)O. The molecule has 0 fully saturated rings. The number of nitrogens with two attached hydrogens (primary N) is 2. The molecular formula is C3H11N4O6PS. The van der Waals surface area contributed by atoms with E-state index in [-0.39, 0.29) is 4.78 Å². The Balaban J connectivity index is 4.70. The second-order valence-corrected chi connectivity index (χ2v) is 5.48. The van der Waals surface area contributed by atoms with Crippen LogP contribution in [0.4, 0.5) is 0 Å². The van der Waals surface area contributed by atoms with Crippen LogP contribution in [-0.2, 0) is 14.7 Å². The predicted molar refractivity (Wildman–Crippen MR) is 51.0 cm³/mol. The standard InChI is InChI=1S/C3H11N4O6PS/c4-3(5)6-7(14(8,9)10)1-2-15(11,12)13/h1-2H2,(H4,4,5,6)(H2,8,9,10)(H,11,12,13). The van der Waals surface area contributed by atoms with Crippen molar-refractivity contribution < 1.29 is 27.3 Å². The number of hydrazone groups is 1. The van der Waals surface area contributed by atoms with E-state index in [9.17, 15) is 13.0 Å². The molecule has 0 heterocycles. The predicted octanol–water partition coefficient (Wildman–Crippen LogP) is -2.54. The molecule has 12 heteroatoms. The van der Waals surface area contributed by atoms with Crippen molar-refractivity contribution in [3.63, 3.8) is 0 Å². The van der Waals surface area contributed by atoms with Gasteiger partial charge in [-0.25, -0.2) is 4.57 Å². The number of hydrogen-bond donors (Lipinski definition) is 5. The van der Waals surface area contributed by atoms with Gasteiger partial charge >= 0.3 is 7.75 Å². The number of guanidine groups is 1. The van der Waals surface area contributed by atoms with Crippen LogP contribution >= 0.6 is 7.75 Å². The van der Waals surface area contributed by atoms with Gasteiger partial charge < -0.3 is 21.3 Å². The maximum Gasteiger partial charge on any atom is 0.445 e. The molecule has 0 radical (unpaired) electrons. The second kappa shape index (κ2) is 4.77. The Morgan fingerprint density at radius 2 is 1.87 bits per heavy atom. The van der Waals surface area contributed by atoms with Crippen LogP contribution in [0.3, 0.4) is 0 Å². The van der Waals surface area contributed by atoms with Gasteiger partial charge in [0.15, 0.2) is 0 Å². The molecule has 0 spiro atoms. The quantitative estimate of drug-likeness (QED) is 0.117. The first-order valence-corrected chi connectivity index (χ1v) is 6.58. The van der Waals surface area contributed by atoms with Crippen LogP contribution < -0.4 is 11.5 Å². The monoisotopic (exact) mass is 262 g/mol. The highest BCUT2D eigenvalue weighted by molar-refractivity contribution is 7.85. The maximum atomic E-state index is 10.7. The minimum absolute atomic E-state index is 0.0795. The Hall–Kier alpha value is -0.870. The summed E-state index contributed by atoms with van der Waals surface area (Å²) >= 11 is 0. The third-order valence-corrected chi connectivity index (χ3v) is 2.67. The van der Waals surface area contributed by atoms with Crippen LogP contribution in [0, 0.1) is 0 Å². The first kappa shape index (κ1) is 14.1. The fourth-order valence-corrected chi connectivity index (χ4v) is 1.69. The Labute approximate surface area is 85.5 Å². The molecule has 0 rings (SSSR count). The molecule has 0 unspecified atom stereocenters. The van der Waals surface area contributed by atoms with E-state index in [1.54, 1.807) is 0 Å². The van der Waals surface area contributed by atoms with Gasteiger partial charge in [0.1, 0.15) is 0 Å². The molecule has 15 heavy (non-hydrogen) atoms. The highest BCUT2D eigenvalue weighted by Gasteiger charge is 2.25. The lowest BCUT2D eigenvalue weighted by atomic mass is 10.8. The van der Waals surface area contributed by atoms with Crippen LogP contribution in [0.2, 0.25) is 0 Å². The van der Waals surface area contributed by atoms with Gasteiger partial charge in [-0.05, 0) is 0 Å². The Morgan fingerprint density at radius 3 is 2.13 bits per heavy atom. The van der Waals surface area contributed by atoms with Gasteiger partial charge in [0.25, 0.3) is 10.1 Å². The summed E-state index contributed by atoms with van der Waals surface area (Å²) in [5.74, 6) is -1.55. The second-order valence-electron chi connectivity index (χ2n) is 2.42. The van der Waals surface area contributed by atoms with Gasteiger partial charge in [0.05, 0.1) is 12.3 Å². The molecule has 0 amide bonds. The van der Waals surface area contributed by atoms with E-state index in [0.717, 1.165) is 0 Å². The maximum absolute atomic E-state index is 10.7. The van der Waals surface area contributed by atoms with Crippen LogP contribution in [0.25, 0.3) is 0 Å². The summed E-state index contributed by atoms with van der Waals surface area (Å²) in [6.45, 7) is -0.735. The number of hydrogen-bond acceptors (Lipinski definition) is 4. The fourth-order valence-electron chi connectivity index (χ4n) is 0.569. The lowest BCUT2D eigenvalue weighted by molar-refractivity contribution is 0.280. The zero-order valence-electron chi connectivity index (χ0n) is 7.39. The molecule has 0 saturated carbocycles. The number of rotatable bonds is 5. The molecule has 7 N–H and O–H groups in total. The molecule has 0 aliphatic rings. The van der Waals surface area contributed by atoms with Gasteiger partial charge in [0, 0.05) is 0 Å². The lowest BCUT2D eigenvalue weighted by Crippen LogP contribution is -2.30. The van der Waals surface area contributed by atoms with Gasteiger partial charge in [0.2, 0.25) is 5.96 Å². The normalized spacial score (nSPS) is 12.2. The van der Waals surface area contributed by atoms with Crippen molar-refractivity contribution >= 4 is 23.8 Å². The largest absolute Gasteiger partial charge is 0.445 e. The first-order valence-electron chi connectivity index (χ1n) is 3.40. The van der Waals surface area contributed by atoms with Crippen LogP contribution in [0.1, 0.15) is 0 Å². The zero-order chi connectivity index (χ0) is 12.3. The van der Waals surface area contributed by atoms with E-state index < -0.39 is 36.1 Å². The molecule has 0 aromatic heterocycles. The molecule has 0 aromatic rings. The highest BCUT2D eigenvalue weighted by atomic mass is 32.2. The summed E-state index contributed by atoms with van der Waals surface area (Å²) < 4.78 is 39.8. The summed E-state index contributed by atoms with van der Waals surface area (Å²) in [4.78, 5) is 17.3. The van der Waals surface area contributed by atoms with Crippen LogP contribution in [-0.4, -0.2) is 45.8 Å². The van der Waals surface area contributed by atoms with Crippen molar-refractivity contribution in [2.24, 2.45) is 16.6 Å². The van der Waals surface area contributed by atoms with E-state index >= 15 is 0 Å². The Bertz CT molecular complexity index is 381. The van der Waals surface area contributed by atoms with Crippen molar-refractivity contribution in [3.8, 4) is 0 Å². The van der Waals surface area contributed by atoms with Gasteiger partial charge in [-0.15, -0.1) is 5.10 Å². The minimum Gasteiger partial charge on any atom is -0.369 e. The average Bonchev–Trinajstić information content (AvgIpc) is 1.93. The molecule has 0 aliphatic heterocycles. The highest BCUT2D eigenvalue weighted by Crippen LogP contribution is 2.39. The van der Waals surface area contributed by atoms with E-state index in [1.165, 1.54) is 0 Å². The molecule has 0 bridgehead atoms. The molecule has 0 saturated heterocycles. The molecule has 0 aliphatic carbocycles. The van der Waals surface area contributed by atoms with E-state index in [4.69, 9.17) is 25.8 Å². The van der Waals surface area contributed by atoms with Crippen molar-refractivity contribution in [2.75, 3.05) is 12.3 Å². The van der Waals surface area contributed by atoms with Crippen molar-refractivity contribution in [3.05, 3.63) is 0 Å². The zero-order valence-corrected chi connectivity index (χ0v) is 9.10. The summed E-state index contributed by atoms with van der Waals surface area (Å²) in [6.07, 6.45) is 0. The van der Waals surface area contributed by atoms with Crippen LogP contribution in [0.15, 0.2) is 5.10 Å². The minimum atomic E-state index is -4.81. The molecule has 10 nitrogen and oxygen atoms in total.